The summed E-state index contributed by atoms with van der Waals surface area (Å²) in [6.45, 7) is 0.484. The number of amides is 2. The number of hydrogen-bond donors (Lipinski definition) is 2. The van der Waals surface area contributed by atoms with Gasteiger partial charge in [0.05, 0.1) is 46.5 Å². The Morgan fingerprint density at radius 2 is 1.74 bits per heavy atom. The molecule has 8 heteroatoms. The van der Waals surface area contributed by atoms with Crippen LogP contribution >= 0.6 is 0 Å². The number of nitrogens with one attached hydrogen (secondary N) is 1. The van der Waals surface area contributed by atoms with Gasteiger partial charge in [-0.2, -0.15) is 0 Å². The van der Waals surface area contributed by atoms with E-state index in [-0.39, 0.29) is 25.5 Å². The quantitative estimate of drug-likeness (QED) is 0.735. The molecule has 2 rings (SSSR count). The zero-order chi connectivity index (χ0) is 17.0. The second-order valence-corrected chi connectivity index (χ2v) is 5.28. The SMILES string of the molecule is COc1cc(C(=O)NC2(CC(N)=O)COC2)cc(OC)c1OC. The lowest BCUT2D eigenvalue weighted by Gasteiger charge is -2.41. The maximum absolute atomic E-state index is 12.5. The molecule has 0 unspecified atom stereocenters. The molecule has 1 aromatic rings. The first kappa shape index (κ1) is 16.9. The third-order valence-corrected chi connectivity index (χ3v) is 3.57. The Balaban J connectivity index is 2.27. The van der Waals surface area contributed by atoms with Gasteiger partial charge in [-0.1, -0.05) is 0 Å². The van der Waals surface area contributed by atoms with Gasteiger partial charge in [-0.05, 0) is 12.1 Å². The largest absolute Gasteiger partial charge is 0.493 e. The first-order chi connectivity index (χ1) is 10.9. The number of methoxy groups -OCH3 is 3. The predicted octanol–water partition coefficient (Wildman–Crippen LogP) is 0.0866. The molecule has 0 atom stereocenters. The van der Waals surface area contributed by atoms with Crippen LogP contribution in [0.3, 0.4) is 0 Å². The molecule has 1 fully saturated rings. The Bertz CT molecular complexity index is 587. The molecule has 23 heavy (non-hydrogen) atoms. The van der Waals surface area contributed by atoms with Crippen LogP contribution < -0.4 is 25.3 Å². The Morgan fingerprint density at radius 1 is 1.17 bits per heavy atom. The van der Waals surface area contributed by atoms with Gasteiger partial charge in [0.25, 0.3) is 5.91 Å². The molecule has 0 radical (unpaired) electrons. The smallest absolute Gasteiger partial charge is 0.252 e. The van der Waals surface area contributed by atoms with Crippen LogP contribution in [0.5, 0.6) is 17.2 Å². The number of ether oxygens (including phenoxy) is 4. The summed E-state index contributed by atoms with van der Waals surface area (Å²) in [5, 5.41) is 2.80. The first-order valence-electron chi connectivity index (χ1n) is 6.93. The van der Waals surface area contributed by atoms with Crippen LogP contribution in [0, 0.1) is 0 Å². The molecule has 1 heterocycles. The van der Waals surface area contributed by atoms with Crippen LogP contribution in [-0.2, 0) is 9.53 Å². The lowest BCUT2D eigenvalue weighted by molar-refractivity contribution is -0.127. The van der Waals surface area contributed by atoms with Gasteiger partial charge in [0.15, 0.2) is 11.5 Å². The van der Waals surface area contributed by atoms with Crippen LogP contribution in [0.4, 0.5) is 0 Å². The zero-order valence-corrected chi connectivity index (χ0v) is 13.3. The van der Waals surface area contributed by atoms with E-state index in [4.69, 9.17) is 24.7 Å². The maximum Gasteiger partial charge on any atom is 0.252 e. The van der Waals surface area contributed by atoms with Crippen molar-refractivity contribution in [3.8, 4) is 17.2 Å². The second-order valence-electron chi connectivity index (χ2n) is 5.28. The van der Waals surface area contributed by atoms with Crippen molar-refractivity contribution in [2.24, 2.45) is 5.73 Å². The Morgan fingerprint density at radius 3 is 2.09 bits per heavy atom. The summed E-state index contributed by atoms with van der Waals surface area (Å²) < 4.78 is 20.8. The summed E-state index contributed by atoms with van der Waals surface area (Å²) in [6, 6.07) is 3.07. The monoisotopic (exact) mass is 324 g/mol. The van der Waals surface area contributed by atoms with Gasteiger partial charge < -0.3 is 30.0 Å². The van der Waals surface area contributed by atoms with Crippen molar-refractivity contribution >= 4 is 11.8 Å². The van der Waals surface area contributed by atoms with E-state index < -0.39 is 11.4 Å². The standard InChI is InChI=1S/C15H20N2O6/c1-20-10-4-9(5-11(21-2)13(10)22-3)14(19)17-15(6-12(16)18)7-23-8-15/h4-5H,6-8H2,1-3H3,(H2,16,18)(H,17,19). The van der Waals surface area contributed by atoms with Gasteiger partial charge in [-0.3, -0.25) is 9.59 Å². The number of carbonyl (C=O) groups is 2. The van der Waals surface area contributed by atoms with Crippen LogP contribution in [0.25, 0.3) is 0 Å². The molecule has 0 aliphatic carbocycles. The van der Waals surface area contributed by atoms with Crippen molar-refractivity contribution in [3.05, 3.63) is 17.7 Å². The first-order valence-corrected chi connectivity index (χ1v) is 6.93. The van der Waals surface area contributed by atoms with Crippen molar-refractivity contribution < 1.29 is 28.5 Å². The highest BCUT2D eigenvalue weighted by molar-refractivity contribution is 5.96. The van der Waals surface area contributed by atoms with E-state index in [9.17, 15) is 9.59 Å². The molecule has 126 valence electrons. The Kier molecular flexibility index (Phi) is 4.95. The van der Waals surface area contributed by atoms with Crippen LogP contribution in [0.2, 0.25) is 0 Å². The minimum absolute atomic E-state index is 0.0170. The molecule has 1 saturated heterocycles. The highest BCUT2D eigenvalue weighted by Gasteiger charge is 2.41. The van der Waals surface area contributed by atoms with Crippen molar-refractivity contribution in [2.75, 3.05) is 34.5 Å². The van der Waals surface area contributed by atoms with Gasteiger partial charge in [0.1, 0.15) is 0 Å². The van der Waals surface area contributed by atoms with Crippen molar-refractivity contribution in [1.29, 1.82) is 0 Å². The molecule has 2 amide bonds. The lowest BCUT2D eigenvalue weighted by atomic mass is 9.92. The number of nitrogens with two attached hydrogens (primary N) is 1. The van der Waals surface area contributed by atoms with E-state index in [1.165, 1.54) is 33.5 Å². The van der Waals surface area contributed by atoms with Crippen molar-refractivity contribution in [1.82, 2.24) is 5.32 Å². The summed E-state index contributed by atoms with van der Waals surface area (Å²) in [6.07, 6.45) is 0.0170. The number of rotatable bonds is 7. The molecule has 0 aromatic heterocycles. The minimum atomic E-state index is -0.761. The minimum Gasteiger partial charge on any atom is -0.493 e. The fourth-order valence-electron chi connectivity index (χ4n) is 2.43. The normalized spacial score (nSPS) is 15.3. The molecule has 0 spiro atoms. The van der Waals surface area contributed by atoms with Gasteiger partial charge in [0, 0.05) is 5.56 Å². The molecule has 1 aliphatic rings. The summed E-state index contributed by atoms with van der Waals surface area (Å²) >= 11 is 0. The van der Waals surface area contributed by atoms with Crippen LogP contribution in [0.15, 0.2) is 12.1 Å². The third kappa shape index (κ3) is 3.48. The van der Waals surface area contributed by atoms with Crippen LogP contribution in [0.1, 0.15) is 16.8 Å². The Labute approximate surface area is 133 Å². The van der Waals surface area contributed by atoms with Gasteiger partial charge in [-0.25, -0.2) is 0 Å². The molecule has 8 nitrogen and oxygen atoms in total. The number of benzene rings is 1. The topological polar surface area (TPSA) is 109 Å². The lowest BCUT2D eigenvalue weighted by Crippen LogP contribution is -2.63. The predicted molar refractivity (Wildman–Crippen MR) is 80.9 cm³/mol. The summed E-state index contributed by atoms with van der Waals surface area (Å²) in [4.78, 5) is 23.7. The highest BCUT2D eigenvalue weighted by atomic mass is 16.5. The maximum atomic E-state index is 12.5. The summed E-state index contributed by atoms with van der Waals surface area (Å²) in [7, 11) is 4.41. The summed E-state index contributed by atoms with van der Waals surface area (Å²) in [5.74, 6) is 0.245. The molecular formula is C15H20N2O6. The van der Waals surface area contributed by atoms with E-state index in [0.29, 0.717) is 22.8 Å². The third-order valence-electron chi connectivity index (χ3n) is 3.57. The molecular weight excluding hydrogens is 304 g/mol. The van der Waals surface area contributed by atoms with Crippen molar-refractivity contribution in [3.63, 3.8) is 0 Å². The number of primary amides is 1. The number of carbonyl (C=O) groups excluding carboxylic acids is 2. The van der Waals surface area contributed by atoms with Crippen LogP contribution in [-0.4, -0.2) is 51.9 Å². The van der Waals surface area contributed by atoms with Gasteiger partial charge in [-0.15, -0.1) is 0 Å². The van der Waals surface area contributed by atoms with E-state index in [2.05, 4.69) is 5.32 Å². The van der Waals surface area contributed by atoms with E-state index >= 15 is 0 Å². The Hall–Kier alpha value is -2.48. The molecule has 0 bridgehead atoms. The highest BCUT2D eigenvalue weighted by Crippen LogP contribution is 2.38. The van der Waals surface area contributed by atoms with E-state index in [0.717, 1.165) is 0 Å². The van der Waals surface area contributed by atoms with E-state index in [1.54, 1.807) is 0 Å². The fraction of sp³-hybridized carbons (Fsp3) is 0.467. The van der Waals surface area contributed by atoms with Crippen molar-refractivity contribution in [2.45, 2.75) is 12.0 Å². The van der Waals surface area contributed by atoms with Gasteiger partial charge >= 0.3 is 0 Å². The molecule has 1 aliphatic heterocycles. The van der Waals surface area contributed by atoms with E-state index in [1.807, 2.05) is 0 Å². The second kappa shape index (κ2) is 6.74. The number of hydrogen-bond acceptors (Lipinski definition) is 6. The summed E-state index contributed by atoms with van der Waals surface area (Å²) in [5.41, 5.74) is 4.78. The molecule has 3 N–H and O–H groups in total. The fourth-order valence-corrected chi connectivity index (χ4v) is 2.43. The average molecular weight is 324 g/mol. The average Bonchev–Trinajstić information content (AvgIpc) is 2.50. The van der Waals surface area contributed by atoms with Gasteiger partial charge in [0.2, 0.25) is 11.7 Å². The molecule has 0 saturated carbocycles. The molecule has 1 aromatic carbocycles. The zero-order valence-electron chi connectivity index (χ0n) is 13.3.